The van der Waals surface area contributed by atoms with E-state index < -0.39 is 31.2 Å². The van der Waals surface area contributed by atoms with E-state index in [4.69, 9.17) is 15.2 Å². The summed E-state index contributed by atoms with van der Waals surface area (Å²) in [7, 11) is 1.41. The summed E-state index contributed by atoms with van der Waals surface area (Å²) < 4.78 is 45.8. The molecule has 8 heteroatoms. The number of carbonyl (C=O) groups is 1. The minimum absolute atomic E-state index is 0.353. The summed E-state index contributed by atoms with van der Waals surface area (Å²) in [5.41, 5.74) is 6.40. The fourth-order valence-electron chi connectivity index (χ4n) is 1.47. The van der Waals surface area contributed by atoms with Crippen molar-refractivity contribution >= 4 is 17.3 Å². The molecular formula is C13H17F3N2O3. The lowest BCUT2D eigenvalue weighted by Crippen LogP contribution is -2.29. The van der Waals surface area contributed by atoms with Gasteiger partial charge in [-0.2, -0.15) is 13.2 Å². The maximum Gasteiger partial charge on any atom is 0.391 e. The van der Waals surface area contributed by atoms with E-state index in [0.717, 1.165) is 0 Å². The average Bonchev–Trinajstić information content (AvgIpc) is 2.39. The van der Waals surface area contributed by atoms with Gasteiger partial charge in [0.05, 0.1) is 25.8 Å². The van der Waals surface area contributed by atoms with E-state index in [0.29, 0.717) is 17.1 Å². The molecule has 1 atom stereocenters. The van der Waals surface area contributed by atoms with Gasteiger partial charge in [0.15, 0.2) is 0 Å². The van der Waals surface area contributed by atoms with Crippen LogP contribution in [-0.4, -0.2) is 31.9 Å². The molecule has 0 saturated carbocycles. The zero-order valence-electron chi connectivity index (χ0n) is 11.7. The Morgan fingerprint density at radius 1 is 1.43 bits per heavy atom. The summed E-state index contributed by atoms with van der Waals surface area (Å²) in [5, 5.41) is 2.51. The minimum atomic E-state index is -4.31. The lowest BCUT2D eigenvalue weighted by Gasteiger charge is -2.16. The molecule has 0 spiro atoms. The number of rotatable bonds is 6. The van der Waals surface area contributed by atoms with Crippen LogP contribution in [0.2, 0.25) is 0 Å². The number of alkyl halides is 3. The van der Waals surface area contributed by atoms with Crippen molar-refractivity contribution in [3.05, 3.63) is 18.2 Å². The van der Waals surface area contributed by atoms with Crippen LogP contribution in [-0.2, 0) is 9.53 Å². The number of carbonyl (C=O) groups excluding carboxylic acids is 1. The molecule has 0 saturated heterocycles. The maximum atomic E-state index is 12.0. The predicted molar refractivity (Wildman–Crippen MR) is 72.1 cm³/mol. The highest BCUT2D eigenvalue weighted by atomic mass is 19.4. The quantitative estimate of drug-likeness (QED) is 0.792. The molecule has 1 unspecified atom stereocenters. The van der Waals surface area contributed by atoms with Crippen molar-refractivity contribution in [3.63, 3.8) is 0 Å². The fourth-order valence-corrected chi connectivity index (χ4v) is 1.47. The SMILES string of the molecule is COc1cc(N)ccc1NC(=O)C(C)OCCC(F)(F)F. The molecule has 0 aromatic heterocycles. The van der Waals surface area contributed by atoms with E-state index >= 15 is 0 Å². The second-order valence-corrected chi connectivity index (χ2v) is 4.33. The van der Waals surface area contributed by atoms with Gasteiger partial charge in [-0.15, -0.1) is 0 Å². The van der Waals surface area contributed by atoms with Crippen LogP contribution in [0, 0.1) is 0 Å². The summed E-state index contributed by atoms with van der Waals surface area (Å²) in [4.78, 5) is 11.8. The summed E-state index contributed by atoms with van der Waals surface area (Å²) in [6.45, 7) is 0.798. The first-order valence-electron chi connectivity index (χ1n) is 6.15. The number of anilines is 2. The molecule has 118 valence electrons. The Bertz CT molecular complexity index is 492. The third-order valence-electron chi connectivity index (χ3n) is 2.61. The van der Waals surface area contributed by atoms with Gasteiger partial charge in [-0.25, -0.2) is 0 Å². The number of hydrogen-bond acceptors (Lipinski definition) is 4. The van der Waals surface area contributed by atoms with Gasteiger partial charge >= 0.3 is 6.18 Å². The third kappa shape index (κ3) is 5.90. The second-order valence-electron chi connectivity index (χ2n) is 4.33. The molecule has 0 aliphatic carbocycles. The van der Waals surface area contributed by atoms with E-state index in [1.165, 1.54) is 26.2 Å². The van der Waals surface area contributed by atoms with Crippen LogP contribution in [0.1, 0.15) is 13.3 Å². The lowest BCUT2D eigenvalue weighted by molar-refractivity contribution is -0.152. The Balaban J connectivity index is 2.56. The van der Waals surface area contributed by atoms with Crippen LogP contribution in [0.25, 0.3) is 0 Å². The highest BCUT2D eigenvalue weighted by Gasteiger charge is 2.27. The molecule has 0 bridgehead atoms. The number of nitrogen functional groups attached to an aromatic ring is 1. The first-order chi connectivity index (χ1) is 9.73. The molecule has 0 aliphatic heterocycles. The standard InChI is InChI=1S/C13H17F3N2O3/c1-8(21-6-5-13(14,15)16)12(19)18-10-4-3-9(17)7-11(10)20-2/h3-4,7-8H,5-6,17H2,1-2H3,(H,18,19). The van der Waals surface area contributed by atoms with Gasteiger partial charge in [0, 0.05) is 11.8 Å². The average molecular weight is 306 g/mol. The second kappa shape index (κ2) is 7.16. The zero-order chi connectivity index (χ0) is 16.0. The highest BCUT2D eigenvalue weighted by Crippen LogP contribution is 2.26. The Hall–Kier alpha value is -1.96. The molecule has 1 aromatic carbocycles. The first-order valence-corrected chi connectivity index (χ1v) is 6.15. The molecular weight excluding hydrogens is 289 g/mol. The van der Waals surface area contributed by atoms with Gasteiger partial charge in [-0.1, -0.05) is 0 Å². The topological polar surface area (TPSA) is 73.6 Å². The molecule has 21 heavy (non-hydrogen) atoms. The smallest absolute Gasteiger partial charge is 0.391 e. The van der Waals surface area contributed by atoms with Crippen molar-refractivity contribution in [2.75, 3.05) is 24.8 Å². The fraction of sp³-hybridized carbons (Fsp3) is 0.462. The normalized spacial score (nSPS) is 12.8. The van der Waals surface area contributed by atoms with Crippen LogP contribution in [0.5, 0.6) is 5.75 Å². The predicted octanol–water partition coefficient (Wildman–Crippen LogP) is 2.57. The van der Waals surface area contributed by atoms with Gasteiger partial charge in [0.1, 0.15) is 11.9 Å². The molecule has 5 nitrogen and oxygen atoms in total. The van der Waals surface area contributed by atoms with E-state index in [1.54, 1.807) is 6.07 Å². The van der Waals surface area contributed by atoms with Crippen molar-refractivity contribution in [2.45, 2.75) is 25.6 Å². The third-order valence-corrected chi connectivity index (χ3v) is 2.61. The van der Waals surface area contributed by atoms with Crippen molar-refractivity contribution in [3.8, 4) is 5.75 Å². The molecule has 0 fully saturated rings. The number of amides is 1. The van der Waals surface area contributed by atoms with Crippen molar-refractivity contribution in [2.24, 2.45) is 0 Å². The summed E-state index contributed by atoms with van der Waals surface area (Å²) in [5.74, 6) is -0.217. The van der Waals surface area contributed by atoms with Crippen molar-refractivity contribution in [1.29, 1.82) is 0 Å². The van der Waals surface area contributed by atoms with Crippen LogP contribution in [0.4, 0.5) is 24.5 Å². The minimum Gasteiger partial charge on any atom is -0.494 e. The number of nitrogens with two attached hydrogens (primary N) is 1. The van der Waals surface area contributed by atoms with Crippen molar-refractivity contribution in [1.82, 2.24) is 0 Å². The number of methoxy groups -OCH3 is 1. The number of benzene rings is 1. The van der Waals surface area contributed by atoms with Gasteiger partial charge in [0.25, 0.3) is 5.91 Å². The first kappa shape index (κ1) is 17.1. The zero-order valence-corrected chi connectivity index (χ0v) is 11.7. The summed E-state index contributed by atoms with van der Waals surface area (Å²) in [6.07, 6.45) is -6.43. The van der Waals surface area contributed by atoms with E-state index in [-0.39, 0.29) is 0 Å². The Kier molecular flexibility index (Phi) is 5.83. The van der Waals surface area contributed by atoms with Gasteiger partial charge in [0.2, 0.25) is 0 Å². The molecule has 0 aliphatic rings. The number of halogens is 3. The van der Waals surface area contributed by atoms with Gasteiger partial charge < -0.3 is 20.5 Å². The Morgan fingerprint density at radius 3 is 2.67 bits per heavy atom. The summed E-state index contributed by atoms with van der Waals surface area (Å²) >= 11 is 0. The Morgan fingerprint density at radius 2 is 2.10 bits per heavy atom. The van der Waals surface area contributed by atoms with E-state index in [2.05, 4.69) is 5.32 Å². The van der Waals surface area contributed by atoms with E-state index in [1.807, 2.05) is 0 Å². The van der Waals surface area contributed by atoms with Crippen molar-refractivity contribution < 1.29 is 27.4 Å². The van der Waals surface area contributed by atoms with E-state index in [9.17, 15) is 18.0 Å². The molecule has 0 radical (unpaired) electrons. The van der Waals surface area contributed by atoms with Gasteiger partial charge in [-0.3, -0.25) is 4.79 Å². The number of hydrogen-bond donors (Lipinski definition) is 2. The van der Waals surface area contributed by atoms with Crippen LogP contribution in [0.3, 0.4) is 0 Å². The highest BCUT2D eigenvalue weighted by molar-refractivity contribution is 5.95. The van der Waals surface area contributed by atoms with Crippen LogP contribution < -0.4 is 15.8 Å². The van der Waals surface area contributed by atoms with Crippen LogP contribution in [0.15, 0.2) is 18.2 Å². The number of nitrogens with one attached hydrogen (secondary N) is 1. The molecule has 1 amide bonds. The molecule has 1 rings (SSSR count). The lowest BCUT2D eigenvalue weighted by atomic mass is 10.2. The monoisotopic (exact) mass is 306 g/mol. The Labute approximate surface area is 120 Å². The molecule has 0 heterocycles. The largest absolute Gasteiger partial charge is 0.494 e. The maximum absolute atomic E-state index is 12.0. The summed E-state index contributed by atoms with van der Waals surface area (Å²) in [6, 6.07) is 4.62. The number of ether oxygens (including phenoxy) is 2. The van der Waals surface area contributed by atoms with Gasteiger partial charge in [-0.05, 0) is 19.1 Å². The molecule has 1 aromatic rings. The molecule has 3 N–H and O–H groups in total. The van der Waals surface area contributed by atoms with Crippen LogP contribution >= 0.6 is 0 Å².